The van der Waals surface area contributed by atoms with Crippen molar-refractivity contribution in [3.63, 3.8) is 0 Å². The van der Waals surface area contributed by atoms with Crippen molar-refractivity contribution in [2.75, 3.05) is 7.11 Å². The number of fused-ring (bicyclic) bond motifs is 1. The van der Waals surface area contributed by atoms with Gasteiger partial charge < -0.3 is 9.30 Å². The van der Waals surface area contributed by atoms with Crippen molar-refractivity contribution in [3.8, 4) is 11.4 Å². The van der Waals surface area contributed by atoms with Gasteiger partial charge in [0.25, 0.3) is 0 Å². The van der Waals surface area contributed by atoms with Gasteiger partial charge in [-0.3, -0.25) is 4.79 Å². The first-order chi connectivity index (χ1) is 9.69. The van der Waals surface area contributed by atoms with Crippen molar-refractivity contribution in [2.45, 2.75) is 26.3 Å². The van der Waals surface area contributed by atoms with E-state index < -0.39 is 0 Å². The molecule has 1 aromatic heterocycles. The average molecular weight is 270 g/mol. The van der Waals surface area contributed by atoms with E-state index in [-0.39, 0.29) is 11.9 Å². The number of esters is 1. The number of carbonyl (C=O) groups is 1. The number of hydrogen-bond acceptors (Lipinski definition) is 3. The maximum atomic E-state index is 11.7. The fraction of sp³-hybridized carbons (Fsp3) is 0.375. The van der Waals surface area contributed by atoms with Crippen LogP contribution in [0.15, 0.2) is 30.5 Å². The van der Waals surface area contributed by atoms with Crippen molar-refractivity contribution < 1.29 is 9.53 Å². The Hall–Kier alpha value is -2.10. The normalized spacial score (nSPS) is 17.6. The first-order valence-corrected chi connectivity index (χ1v) is 6.88. The van der Waals surface area contributed by atoms with E-state index in [1.165, 1.54) is 18.4 Å². The second-order valence-corrected chi connectivity index (χ2v) is 5.31. The molecule has 4 heteroatoms. The summed E-state index contributed by atoms with van der Waals surface area (Å²) in [5, 5.41) is 0. The summed E-state index contributed by atoms with van der Waals surface area (Å²) in [4.78, 5) is 16.3. The standard InChI is InChI=1S/C16H18N2O2/c1-11-3-5-12(6-4-11)15-17-9-14-8-7-13(10-18(14)15)16(19)20-2/h3-6,9,13H,7-8,10H2,1-2H3. The molecule has 2 aromatic rings. The lowest BCUT2D eigenvalue weighted by molar-refractivity contribution is -0.146. The van der Waals surface area contributed by atoms with Gasteiger partial charge in [0.15, 0.2) is 0 Å². The molecule has 0 aliphatic carbocycles. The Bertz CT molecular complexity index is 628. The van der Waals surface area contributed by atoms with Gasteiger partial charge in [0.2, 0.25) is 0 Å². The second-order valence-electron chi connectivity index (χ2n) is 5.31. The Morgan fingerprint density at radius 2 is 2.10 bits per heavy atom. The van der Waals surface area contributed by atoms with Gasteiger partial charge in [0, 0.05) is 24.0 Å². The number of imidazole rings is 1. The topological polar surface area (TPSA) is 44.1 Å². The number of aromatic nitrogens is 2. The molecule has 1 aliphatic rings. The molecule has 20 heavy (non-hydrogen) atoms. The number of ether oxygens (including phenoxy) is 1. The molecular formula is C16H18N2O2. The van der Waals surface area contributed by atoms with Gasteiger partial charge in [-0.05, 0) is 19.8 Å². The maximum absolute atomic E-state index is 11.7. The second kappa shape index (κ2) is 5.12. The van der Waals surface area contributed by atoms with Crippen molar-refractivity contribution in [3.05, 3.63) is 41.7 Å². The Morgan fingerprint density at radius 1 is 1.35 bits per heavy atom. The average Bonchev–Trinajstić information content (AvgIpc) is 2.90. The van der Waals surface area contributed by atoms with Crippen LogP contribution in [0.3, 0.4) is 0 Å². The highest BCUT2D eigenvalue weighted by atomic mass is 16.5. The highest BCUT2D eigenvalue weighted by Gasteiger charge is 2.27. The molecule has 0 spiro atoms. The fourth-order valence-electron chi connectivity index (χ4n) is 2.74. The molecule has 1 aliphatic heterocycles. The third-order valence-electron chi connectivity index (χ3n) is 3.93. The summed E-state index contributed by atoms with van der Waals surface area (Å²) < 4.78 is 7.02. The third-order valence-corrected chi connectivity index (χ3v) is 3.93. The predicted molar refractivity (Wildman–Crippen MR) is 76.2 cm³/mol. The van der Waals surface area contributed by atoms with Gasteiger partial charge in [0.05, 0.1) is 13.0 Å². The van der Waals surface area contributed by atoms with Gasteiger partial charge in [-0.25, -0.2) is 4.98 Å². The number of benzene rings is 1. The van der Waals surface area contributed by atoms with E-state index in [1.54, 1.807) is 0 Å². The van der Waals surface area contributed by atoms with Gasteiger partial charge in [-0.15, -0.1) is 0 Å². The summed E-state index contributed by atoms with van der Waals surface area (Å²) in [6.07, 6.45) is 3.63. The minimum atomic E-state index is -0.126. The molecule has 0 fully saturated rings. The summed E-state index contributed by atoms with van der Waals surface area (Å²) in [6, 6.07) is 8.31. The van der Waals surface area contributed by atoms with Crippen LogP contribution < -0.4 is 0 Å². The minimum absolute atomic E-state index is 0.0640. The molecule has 104 valence electrons. The Kier molecular flexibility index (Phi) is 3.30. The van der Waals surface area contributed by atoms with Crippen molar-refractivity contribution >= 4 is 5.97 Å². The summed E-state index contributed by atoms with van der Waals surface area (Å²) >= 11 is 0. The molecule has 1 aromatic carbocycles. The SMILES string of the molecule is COC(=O)C1CCc2cnc(-c3ccc(C)cc3)n2C1. The zero-order chi connectivity index (χ0) is 14.1. The van der Waals surface area contributed by atoms with Crippen LogP contribution in [-0.4, -0.2) is 22.6 Å². The number of carbonyl (C=O) groups excluding carboxylic acids is 1. The van der Waals surface area contributed by atoms with Crippen molar-refractivity contribution in [1.29, 1.82) is 0 Å². The van der Waals surface area contributed by atoms with E-state index in [0.717, 1.165) is 24.2 Å². The summed E-state index contributed by atoms with van der Waals surface area (Å²) in [7, 11) is 1.45. The Balaban J connectivity index is 1.94. The first kappa shape index (κ1) is 12.9. The largest absolute Gasteiger partial charge is 0.469 e. The van der Waals surface area contributed by atoms with Crippen LogP contribution in [-0.2, 0) is 22.5 Å². The third kappa shape index (κ3) is 2.22. The van der Waals surface area contributed by atoms with E-state index >= 15 is 0 Å². The van der Waals surface area contributed by atoms with Gasteiger partial charge >= 0.3 is 5.97 Å². The van der Waals surface area contributed by atoms with Crippen LogP contribution in [0, 0.1) is 12.8 Å². The molecule has 0 saturated carbocycles. The molecule has 0 bridgehead atoms. The summed E-state index contributed by atoms with van der Waals surface area (Å²) in [5.41, 5.74) is 3.51. The molecule has 1 unspecified atom stereocenters. The summed E-state index contributed by atoms with van der Waals surface area (Å²) in [6.45, 7) is 2.73. The van der Waals surface area contributed by atoms with Crippen LogP contribution in [0.4, 0.5) is 0 Å². The van der Waals surface area contributed by atoms with Crippen LogP contribution in [0.5, 0.6) is 0 Å². The van der Waals surface area contributed by atoms with Crippen LogP contribution in [0.2, 0.25) is 0 Å². The lowest BCUT2D eigenvalue weighted by atomic mass is 9.98. The van der Waals surface area contributed by atoms with Crippen LogP contribution >= 0.6 is 0 Å². The lowest BCUT2D eigenvalue weighted by Crippen LogP contribution is -2.27. The Morgan fingerprint density at radius 3 is 2.80 bits per heavy atom. The van der Waals surface area contributed by atoms with E-state index in [9.17, 15) is 4.79 Å². The monoisotopic (exact) mass is 270 g/mol. The molecule has 4 nitrogen and oxygen atoms in total. The van der Waals surface area contributed by atoms with E-state index in [1.807, 2.05) is 6.20 Å². The van der Waals surface area contributed by atoms with E-state index in [4.69, 9.17) is 4.74 Å². The summed E-state index contributed by atoms with van der Waals surface area (Å²) in [5.74, 6) is 0.749. The number of nitrogens with zero attached hydrogens (tertiary/aromatic N) is 2. The fourth-order valence-corrected chi connectivity index (χ4v) is 2.74. The number of hydrogen-bond donors (Lipinski definition) is 0. The molecule has 0 N–H and O–H groups in total. The quantitative estimate of drug-likeness (QED) is 0.788. The molecule has 1 atom stereocenters. The molecule has 3 rings (SSSR count). The maximum Gasteiger partial charge on any atom is 0.310 e. The smallest absolute Gasteiger partial charge is 0.310 e. The van der Waals surface area contributed by atoms with Crippen molar-refractivity contribution in [1.82, 2.24) is 9.55 Å². The van der Waals surface area contributed by atoms with E-state index in [2.05, 4.69) is 40.7 Å². The molecule has 0 amide bonds. The number of aryl methyl sites for hydroxylation is 2. The minimum Gasteiger partial charge on any atom is -0.469 e. The zero-order valence-corrected chi connectivity index (χ0v) is 11.8. The Labute approximate surface area is 118 Å². The van der Waals surface area contributed by atoms with Gasteiger partial charge in [-0.2, -0.15) is 0 Å². The van der Waals surface area contributed by atoms with Crippen LogP contribution in [0.1, 0.15) is 17.7 Å². The van der Waals surface area contributed by atoms with Gasteiger partial charge in [-0.1, -0.05) is 29.8 Å². The predicted octanol–water partition coefficient (Wildman–Crippen LogP) is 2.59. The number of rotatable bonds is 2. The molecule has 0 saturated heterocycles. The van der Waals surface area contributed by atoms with E-state index in [0.29, 0.717) is 6.54 Å². The van der Waals surface area contributed by atoms with Crippen molar-refractivity contribution in [2.24, 2.45) is 5.92 Å². The lowest BCUT2D eigenvalue weighted by Gasteiger charge is -2.23. The highest BCUT2D eigenvalue weighted by Crippen LogP contribution is 2.27. The molecular weight excluding hydrogens is 252 g/mol. The zero-order valence-electron chi connectivity index (χ0n) is 11.8. The van der Waals surface area contributed by atoms with Crippen LogP contribution in [0.25, 0.3) is 11.4 Å². The molecule has 0 radical (unpaired) electrons. The highest BCUT2D eigenvalue weighted by molar-refractivity contribution is 5.72. The number of methoxy groups -OCH3 is 1. The first-order valence-electron chi connectivity index (χ1n) is 6.88. The molecule has 2 heterocycles. The van der Waals surface area contributed by atoms with Gasteiger partial charge in [0.1, 0.15) is 5.82 Å².